The van der Waals surface area contributed by atoms with Crippen LogP contribution in [0, 0.1) is 0 Å². The quantitative estimate of drug-likeness (QED) is 0.781. The Hall–Kier alpha value is -0.420. The standard InChI is InChI=1S/C16H23ClN2OS.ClH/c1-21-10-3-2-7-16(20)19-9-8-18-12-15(19)13-5-4-6-14(17)11-13;/h4-6,11,15,18H,2-3,7-10,12H2,1H3;1H. The minimum absolute atomic E-state index is 0. The van der Waals surface area contributed by atoms with E-state index in [2.05, 4.69) is 17.6 Å². The fraction of sp³-hybridized carbons (Fsp3) is 0.562. The molecule has 1 aromatic rings. The summed E-state index contributed by atoms with van der Waals surface area (Å²) in [5.41, 5.74) is 1.12. The Balaban J connectivity index is 0.00000242. The van der Waals surface area contributed by atoms with Crippen LogP contribution in [0.2, 0.25) is 5.02 Å². The lowest BCUT2D eigenvalue weighted by atomic mass is 10.0. The molecule has 1 saturated heterocycles. The van der Waals surface area contributed by atoms with Crippen LogP contribution >= 0.6 is 35.8 Å². The van der Waals surface area contributed by atoms with Gasteiger partial charge in [0.1, 0.15) is 0 Å². The molecule has 1 amide bonds. The summed E-state index contributed by atoms with van der Waals surface area (Å²) >= 11 is 7.92. The van der Waals surface area contributed by atoms with Crippen LogP contribution in [0.25, 0.3) is 0 Å². The molecule has 1 aliphatic heterocycles. The second kappa shape index (κ2) is 10.4. The number of hydrogen-bond donors (Lipinski definition) is 1. The Labute approximate surface area is 148 Å². The van der Waals surface area contributed by atoms with Crippen LogP contribution in [-0.2, 0) is 4.79 Å². The molecular weight excluding hydrogens is 339 g/mol. The van der Waals surface area contributed by atoms with Gasteiger partial charge in [0.05, 0.1) is 6.04 Å². The van der Waals surface area contributed by atoms with Gasteiger partial charge < -0.3 is 10.2 Å². The molecular formula is C16H24Cl2N2OS. The monoisotopic (exact) mass is 362 g/mol. The van der Waals surface area contributed by atoms with Crippen LogP contribution < -0.4 is 5.32 Å². The van der Waals surface area contributed by atoms with E-state index in [4.69, 9.17) is 11.6 Å². The summed E-state index contributed by atoms with van der Waals surface area (Å²) < 4.78 is 0. The van der Waals surface area contributed by atoms with Gasteiger partial charge in [-0.2, -0.15) is 11.8 Å². The number of amides is 1. The topological polar surface area (TPSA) is 32.3 Å². The molecule has 22 heavy (non-hydrogen) atoms. The molecule has 2 rings (SSSR count). The lowest BCUT2D eigenvalue weighted by Crippen LogP contribution is -2.48. The van der Waals surface area contributed by atoms with E-state index in [9.17, 15) is 4.79 Å². The lowest BCUT2D eigenvalue weighted by Gasteiger charge is -2.36. The van der Waals surface area contributed by atoms with Crippen LogP contribution in [0.15, 0.2) is 24.3 Å². The normalized spacial score (nSPS) is 17.9. The Morgan fingerprint density at radius 2 is 2.27 bits per heavy atom. The first-order chi connectivity index (χ1) is 10.2. The van der Waals surface area contributed by atoms with E-state index in [0.29, 0.717) is 6.42 Å². The fourth-order valence-corrected chi connectivity index (χ4v) is 3.37. The number of piperazine rings is 1. The zero-order chi connectivity index (χ0) is 15.1. The van der Waals surface area contributed by atoms with Crippen LogP contribution in [0.4, 0.5) is 0 Å². The first-order valence-electron chi connectivity index (χ1n) is 7.47. The predicted octanol–water partition coefficient (Wildman–Crippen LogP) is 3.77. The third kappa shape index (κ3) is 5.65. The molecule has 124 valence electrons. The van der Waals surface area contributed by atoms with Crippen molar-refractivity contribution in [1.29, 1.82) is 0 Å². The van der Waals surface area contributed by atoms with E-state index >= 15 is 0 Å². The van der Waals surface area contributed by atoms with Gasteiger partial charge in [0.2, 0.25) is 5.91 Å². The summed E-state index contributed by atoms with van der Waals surface area (Å²) in [5.74, 6) is 1.40. The van der Waals surface area contributed by atoms with Gasteiger partial charge >= 0.3 is 0 Å². The molecule has 0 aromatic heterocycles. The average Bonchev–Trinajstić information content (AvgIpc) is 2.51. The van der Waals surface area contributed by atoms with Crippen molar-refractivity contribution in [2.75, 3.05) is 31.6 Å². The summed E-state index contributed by atoms with van der Waals surface area (Å²) in [5, 5.41) is 4.10. The number of nitrogens with zero attached hydrogens (tertiary/aromatic N) is 1. The van der Waals surface area contributed by atoms with Gasteiger partial charge in [0, 0.05) is 31.1 Å². The minimum atomic E-state index is 0. The molecule has 1 atom stereocenters. The van der Waals surface area contributed by atoms with Crippen molar-refractivity contribution < 1.29 is 4.79 Å². The molecule has 0 aliphatic carbocycles. The third-order valence-electron chi connectivity index (χ3n) is 3.79. The van der Waals surface area contributed by atoms with Gasteiger partial charge in [-0.25, -0.2) is 0 Å². The number of carbonyl (C=O) groups excluding carboxylic acids is 1. The molecule has 1 N–H and O–H groups in total. The number of unbranched alkanes of at least 4 members (excludes halogenated alkanes) is 1. The fourth-order valence-electron chi connectivity index (χ4n) is 2.68. The van der Waals surface area contributed by atoms with Crippen molar-refractivity contribution in [3.8, 4) is 0 Å². The van der Waals surface area contributed by atoms with Crippen LogP contribution in [0.5, 0.6) is 0 Å². The largest absolute Gasteiger partial charge is 0.333 e. The van der Waals surface area contributed by atoms with E-state index in [0.717, 1.165) is 48.8 Å². The summed E-state index contributed by atoms with van der Waals surface area (Å²) in [7, 11) is 0. The molecule has 1 unspecified atom stereocenters. The van der Waals surface area contributed by atoms with Crippen LogP contribution in [-0.4, -0.2) is 42.4 Å². The number of carbonyl (C=O) groups is 1. The van der Waals surface area contributed by atoms with Crippen molar-refractivity contribution in [2.24, 2.45) is 0 Å². The van der Waals surface area contributed by atoms with Gasteiger partial charge in [0.15, 0.2) is 0 Å². The van der Waals surface area contributed by atoms with E-state index in [1.54, 1.807) is 0 Å². The van der Waals surface area contributed by atoms with Gasteiger partial charge in [-0.1, -0.05) is 23.7 Å². The maximum Gasteiger partial charge on any atom is 0.223 e. The molecule has 0 spiro atoms. The van der Waals surface area contributed by atoms with Gasteiger partial charge in [-0.15, -0.1) is 12.4 Å². The van der Waals surface area contributed by atoms with Crippen molar-refractivity contribution in [3.63, 3.8) is 0 Å². The van der Waals surface area contributed by atoms with E-state index < -0.39 is 0 Å². The Morgan fingerprint density at radius 3 is 3.00 bits per heavy atom. The first kappa shape index (κ1) is 19.6. The highest BCUT2D eigenvalue weighted by atomic mass is 35.5. The first-order valence-corrected chi connectivity index (χ1v) is 9.24. The molecule has 1 heterocycles. The molecule has 0 bridgehead atoms. The molecule has 0 radical (unpaired) electrons. The minimum Gasteiger partial charge on any atom is -0.333 e. The van der Waals surface area contributed by atoms with Crippen molar-refractivity contribution in [2.45, 2.75) is 25.3 Å². The van der Waals surface area contributed by atoms with Crippen LogP contribution in [0.1, 0.15) is 30.9 Å². The number of benzene rings is 1. The van der Waals surface area contributed by atoms with Crippen molar-refractivity contribution >= 4 is 41.7 Å². The highest BCUT2D eigenvalue weighted by molar-refractivity contribution is 7.98. The zero-order valence-electron chi connectivity index (χ0n) is 12.9. The molecule has 6 heteroatoms. The predicted molar refractivity (Wildman–Crippen MR) is 98.3 cm³/mol. The summed E-state index contributed by atoms with van der Waals surface area (Å²) in [4.78, 5) is 14.5. The van der Waals surface area contributed by atoms with Crippen LogP contribution in [0.3, 0.4) is 0 Å². The van der Waals surface area contributed by atoms with Gasteiger partial charge in [-0.3, -0.25) is 4.79 Å². The van der Waals surface area contributed by atoms with E-state index in [-0.39, 0.29) is 24.4 Å². The maximum atomic E-state index is 12.5. The van der Waals surface area contributed by atoms with Gasteiger partial charge in [-0.05, 0) is 42.5 Å². The Kier molecular flexibility index (Phi) is 9.25. The number of thioether (sulfide) groups is 1. The smallest absolute Gasteiger partial charge is 0.223 e. The van der Waals surface area contributed by atoms with E-state index in [1.165, 1.54) is 0 Å². The molecule has 1 fully saturated rings. The number of nitrogens with one attached hydrogen (secondary N) is 1. The highest BCUT2D eigenvalue weighted by Crippen LogP contribution is 2.25. The SMILES string of the molecule is CSCCCCC(=O)N1CCNCC1c1cccc(Cl)c1.Cl. The van der Waals surface area contributed by atoms with Crippen molar-refractivity contribution in [1.82, 2.24) is 10.2 Å². The lowest BCUT2D eigenvalue weighted by molar-refractivity contribution is -0.134. The van der Waals surface area contributed by atoms with E-state index in [1.807, 2.05) is 34.9 Å². The second-order valence-electron chi connectivity index (χ2n) is 5.31. The summed E-state index contributed by atoms with van der Waals surface area (Å²) in [6, 6.07) is 7.94. The third-order valence-corrected chi connectivity index (χ3v) is 4.72. The second-order valence-corrected chi connectivity index (χ2v) is 6.73. The Morgan fingerprint density at radius 1 is 1.45 bits per heavy atom. The number of rotatable bonds is 6. The number of halogens is 2. The molecule has 1 aliphatic rings. The molecule has 1 aromatic carbocycles. The van der Waals surface area contributed by atoms with Gasteiger partial charge in [0.25, 0.3) is 0 Å². The summed E-state index contributed by atoms with van der Waals surface area (Å²) in [6.07, 6.45) is 4.84. The van der Waals surface area contributed by atoms with Crippen molar-refractivity contribution in [3.05, 3.63) is 34.9 Å². The molecule has 3 nitrogen and oxygen atoms in total. The maximum absolute atomic E-state index is 12.5. The number of hydrogen-bond acceptors (Lipinski definition) is 3. The summed E-state index contributed by atoms with van der Waals surface area (Å²) in [6.45, 7) is 2.45. The Bertz CT molecular complexity index is 473. The average molecular weight is 363 g/mol. The molecule has 0 saturated carbocycles. The zero-order valence-corrected chi connectivity index (χ0v) is 15.3. The highest BCUT2D eigenvalue weighted by Gasteiger charge is 2.27.